The van der Waals surface area contributed by atoms with Crippen molar-refractivity contribution in [3.05, 3.63) is 58.6 Å². The van der Waals surface area contributed by atoms with Gasteiger partial charge in [-0.3, -0.25) is 0 Å². The molecule has 7 heteroatoms. The summed E-state index contributed by atoms with van der Waals surface area (Å²) in [7, 11) is 0. The quantitative estimate of drug-likeness (QED) is 0.798. The first kappa shape index (κ1) is 15.6. The predicted octanol–water partition coefficient (Wildman–Crippen LogP) is 4.74. The topological polar surface area (TPSA) is 38.0 Å². The zero-order valence-corrected chi connectivity index (χ0v) is 12.1. The van der Waals surface area contributed by atoms with E-state index < -0.39 is 11.7 Å². The lowest BCUT2D eigenvalue weighted by Crippen LogP contribution is -2.09. The Labute approximate surface area is 129 Å². The molecule has 0 atom stereocenters. The van der Waals surface area contributed by atoms with Crippen molar-refractivity contribution in [3.8, 4) is 0 Å². The van der Waals surface area contributed by atoms with Crippen LogP contribution in [0.4, 0.5) is 24.5 Å². The smallest absolute Gasteiger partial charge is 0.389 e. The second-order valence-corrected chi connectivity index (χ2v) is 5.11. The van der Waals surface area contributed by atoms with Crippen LogP contribution >= 0.6 is 23.8 Å². The molecular weight excluding hydrogens is 321 g/mol. The summed E-state index contributed by atoms with van der Waals surface area (Å²) in [6.45, 7) is 0. The minimum atomic E-state index is -4.35. The molecule has 2 aromatic rings. The van der Waals surface area contributed by atoms with E-state index in [9.17, 15) is 13.2 Å². The molecule has 0 radical (unpaired) electrons. The minimum Gasteiger partial charge on any atom is -0.389 e. The molecule has 3 N–H and O–H groups in total. The largest absolute Gasteiger partial charge is 0.416 e. The fourth-order valence-corrected chi connectivity index (χ4v) is 2.02. The first-order valence-electron chi connectivity index (χ1n) is 5.81. The lowest BCUT2D eigenvalue weighted by molar-refractivity contribution is -0.137. The van der Waals surface area contributed by atoms with E-state index in [1.54, 1.807) is 18.2 Å². The van der Waals surface area contributed by atoms with Gasteiger partial charge in [0.05, 0.1) is 16.3 Å². The monoisotopic (exact) mass is 330 g/mol. The molecule has 0 aliphatic carbocycles. The molecule has 110 valence electrons. The van der Waals surface area contributed by atoms with Gasteiger partial charge < -0.3 is 11.1 Å². The molecule has 2 aromatic carbocycles. The molecule has 0 aromatic heterocycles. The van der Waals surface area contributed by atoms with Gasteiger partial charge in [-0.1, -0.05) is 23.8 Å². The number of benzene rings is 2. The fraction of sp³-hybridized carbons (Fsp3) is 0.0714. The SMILES string of the molecule is NC(=S)c1ccc(Nc2ccc(C(F)(F)F)cc2)c(Cl)c1. The standard InChI is InChI=1S/C14H10ClF3N2S/c15-11-7-8(13(19)21)1-6-12(11)20-10-4-2-9(3-5-10)14(16,17)18/h1-7,20H,(H2,19,21). The second kappa shape index (κ2) is 5.91. The average molecular weight is 331 g/mol. The predicted molar refractivity (Wildman–Crippen MR) is 82.1 cm³/mol. The number of nitrogens with one attached hydrogen (secondary N) is 1. The van der Waals surface area contributed by atoms with Crippen molar-refractivity contribution in [2.75, 3.05) is 5.32 Å². The third-order valence-electron chi connectivity index (χ3n) is 2.74. The number of nitrogens with two attached hydrogens (primary N) is 1. The Bertz CT molecular complexity index is 669. The third kappa shape index (κ3) is 3.86. The molecule has 0 saturated carbocycles. The van der Waals surface area contributed by atoms with Crippen LogP contribution in [0.3, 0.4) is 0 Å². The number of halogens is 4. The van der Waals surface area contributed by atoms with E-state index >= 15 is 0 Å². The molecule has 0 unspecified atom stereocenters. The van der Waals surface area contributed by atoms with Gasteiger partial charge in [0, 0.05) is 11.3 Å². The van der Waals surface area contributed by atoms with Crippen molar-refractivity contribution in [1.29, 1.82) is 0 Å². The van der Waals surface area contributed by atoms with Gasteiger partial charge in [-0.2, -0.15) is 13.2 Å². The van der Waals surface area contributed by atoms with Crippen molar-refractivity contribution in [2.45, 2.75) is 6.18 Å². The van der Waals surface area contributed by atoms with Gasteiger partial charge in [0.2, 0.25) is 0 Å². The Hall–Kier alpha value is -1.79. The van der Waals surface area contributed by atoms with Crippen molar-refractivity contribution < 1.29 is 13.2 Å². The van der Waals surface area contributed by atoms with Gasteiger partial charge in [0.25, 0.3) is 0 Å². The third-order valence-corrected chi connectivity index (χ3v) is 3.29. The van der Waals surface area contributed by atoms with Crippen LogP contribution in [0.1, 0.15) is 11.1 Å². The van der Waals surface area contributed by atoms with Gasteiger partial charge in [-0.25, -0.2) is 0 Å². The molecule has 0 bridgehead atoms. The van der Waals surface area contributed by atoms with Crippen molar-refractivity contribution >= 4 is 40.2 Å². The van der Waals surface area contributed by atoms with E-state index in [4.69, 9.17) is 29.6 Å². The molecule has 2 rings (SSSR count). The minimum absolute atomic E-state index is 0.220. The number of hydrogen-bond donors (Lipinski definition) is 2. The Morgan fingerprint density at radius 2 is 1.71 bits per heavy atom. The Morgan fingerprint density at radius 3 is 2.19 bits per heavy atom. The van der Waals surface area contributed by atoms with Crippen LogP contribution in [-0.2, 0) is 6.18 Å². The van der Waals surface area contributed by atoms with Crippen molar-refractivity contribution in [2.24, 2.45) is 5.73 Å². The second-order valence-electron chi connectivity index (χ2n) is 4.26. The normalized spacial score (nSPS) is 11.2. The summed E-state index contributed by atoms with van der Waals surface area (Å²) in [6, 6.07) is 9.60. The molecule has 0 heterocycles. The van der Waals surface area contributed by atoms with Crippen LogP contribution in [0.5, 0.6) is 0 Å². The lowest BCUT2D eigenvalue weighted by Gasteiger charge is -2.11. The summed E-state index contributed by atoms with van der Waals surface area (Å²) in [5, 5.41) is 3.31. The van der Waals surface area contributed by atoms with Crippen molar-refractivity contribution in [3.63, 3.8) is 0 Å². The number of anilines is 2. The highest BCUT2D eigenvalue weighted by atomic mass is 35.5. The van der Waals surface area contributed by atoms with Crippen LogP contribution in [0, 0.1) is 0 Å². The van der Waals surface area contributed by atoms with Gasteiger partial charge in [-0.15, -0.1) is 0 Å². The number of alkyl halides is 3. The maximum Gasteiger partial charge on any atom is 0.416 e. The molecule has 2 nitrogen and oxygen atoms in total. The zero-order valence-electron chi connectivity index (χ0n) is 10.5. The number of thiocarbonyl (C=S) groups is 1. The molecule has 0 amide bonds. The van der Waals surface area contributed by atoms with Crippen LogP contribution in [-0.4, -0.2) is 4.99 Å². The summed E-state index contributed by atoms with van der Waals surface area (Å²) in [4.78, 5) is 0.220. The van der Waals surface area contributed by atoms with Gasteiger partial charge >= 0.3 is 6.18 Å². The van der Waals surface area contributed by atoms with E-state index in [-0.39, 0.29) is 4.99 Å². The summed E-state index contributed by atoms with van der Waals surface area (Å²) >= 11 is 10.9. The summed E-state index contributed by atoms with van der Waals surface area (Å²) < 4.78 is 37.4. The van der Waals surface area contributed by atoms with Crippen LogP contribution in [0.2, 0.25) is 5.02 Å². The van der Waals surface area contributed by atoms with Crippen LogP contribution < -0.4 is 11.1 Å². The fourth-order valence-electron chi connectivity index (χ4n) is 1.67. The molecule has 0 spiro atoms. The molecule has 0 fully saturated rings. The summed E-state index contributed by atoms with van der Waals surface area (Å²) in [5.74, 6) is 0. The summed E-state index contributed by atoms with van der Waals surface area (Å²) in [6.07, 6.45) is -4.35. The highest BCUT2D eigenvalue weighted by Gasteiger charge is 2.29. The van der Waals surface area contributed by atoms with E-state index in [2.05, 4.69) is 5.32 Å². The highest BCUT2D eigenvalue weighted by molar-refractivity contribution is 7.80. The zero-order chi connectivity index (χ0) is 15.6. The van der Waals surface area contributed by atoms with Crippen LogP contribution in [0.15, 0.2) is 42.5 Å². The molecule has 0 aliphatic heterocycles. The van der Waals surface area contributed by atoms with E-state index in [1.807, 2.05) is 0 Å². The Kier molecular flexibility index (Phi) is 4.39. The van der Waals surface area contributed by atoms with Gasteiger partial charge in [0.15, 0.2) is 0 Å². The molecule has 0 aliphatic rings. The Balaban J connectivity index is 2.20. The lowest BCUT2D eigenvalue weighted by atomic mass is 10.1. The first-order chi connectivity index (χ1) is 9.77. The van der Waals surface area contributed by atoms with Crippen molar-refractivity contribution in [1.82, 2.24) is 0 Å². The van der Waals surface area contributed by atoms with Gasteiger partial charge in [0.1, 0.15) is 4.99 Å². The molecular formula is C14H10ClF3N2S. The maximum absolute atomic E-state index is 12.5. The van der Waals surface area contributed by atoms with E-state index in [0.717, 1.165) is 12.1 Å². The Morgan fingerprint density at radius 1 is 1.10 bits per heavy atom. The van der Waals surface area contributed by atoms with E-state index in [1.165, 1.54) is 12.1 Å². The first-order valence-corrected chi connectivity index (χ1v) is 6.59. The molecule has 0 saturated heterocycles. The average Bonchev–Trinajstić information content (AvgIpc) is 2.40. The maximum atomic E-state index is 12.5. The van der Waals surface area contributed by atoms with Crippen LogP contribution in [0.25, 0.3) is 0 Å². The van der Waals surface area contributed by atoms with Gasteiger partial charge in [-0.05, 0) is 42.5 Å². The molecule has 21 heavy (non-hydrogen) atoms. The summed E-state index contributed by atoms with van der Waals surface area (Å²) in [5.41, 5.74) is 6.45. The number of hydrogen-bond acceptors (Lipinski definition) is 2. The highest BCUT2D eigenvalue weighted by Crippen LogP contribution is 2.31. The number of rotatable bonds is 3. The van der Waals surface area contributed by atoms with E-state index in [0.29, 0.717) is 22.0 Å².